The molecule has 0 aromatic heterocycles. The number of nitrogens with zero attached hydrogens (tertiary/aromatic N) is 4. The predicted octanol–water partition coefficient (Wildman–Crippen LogP) is 3.09. The average Bonchev–Trinajstić information content (AvgIpc) is 2.92. The maximum Gasteiger partial charge on any atom is 0.270 e. The molecule has 0 bridgehead atoms. The minimum atomic E-state index is -4.05. The van der Waals surface area contributed by atoms with Crippen molar-refractivity contribution in [3.05, 3.63) is 94.0 Å². The van der Waals surface area contributed by atoms with E-state index in [-0.39, 0.29) is 10.6 Å². The number of morpholine rings is 1. The summed E-state index contributed by atoms with van der Waals surface area (Å²) in [5, 5.41) is 15.3. The van der Waals surface area contributed by atoms with Crippen LogP contribution in [0.2, 0.25) is 0 Å². The fraction of sp³-hybridized carbons (Fsp3) is 0.231. The van der Waals surface area contributed by atoms with Gasteiger partial charge in [-0.25, -0.2) is 13.8 Å². The first-order valence-electron chi connectivity index (χ1n) is 11.8. The van der Waals surface area contributed by atoms with Crippen LogP contribution in [-0.2, 0) is 19.6 Å². The van der Waals surface area contributed by atoms with E-state index in [0.717, 1.165) is 9.87 Å². The van der Waals surface area contributed by atoms with Gasteiger partial charge in [-0.2, -0.15) is 5.10 Å². The summed E-state index contributed by atoms with van der Waals surface area (Å²) in [7, 11) is -4.05. The molecule has 4 rings (SSSR count). The number of nitrogens with one attached hydrogen (secondary N) is 1. The number of carbonyl (C=O) groups is 1. The molecule has 198 valence electrons. The quantitative estimate of drug-likeness (QED) is 0.252. The highest BCUT2D eigenvalue weighted by molar-refractivity contribution is 7.92. The lowest BCUT2D eigenvalue weighted by Gasteiger charge is -2.29. The highest BCUT2D eigenvalue weighted by Gasteiger charge is 2.27. The van der Waals surface area contributed by atoms with Crippen molar-refractivity contribution in [1.82, 2.24) is 5.43 Å². The molecule has 1 amide bonds. The van der Waals surface area contributed by atoms with Gasteiger partial charge in [-0.3, -0.25) is 19.2 Å². The minimum absolute atomic E-state index is 0.0459. The molecule has 0 atom stereocenters. The second-order valence-corrected chi connectivity index (χ2v) is 10.4. The number of hydrazone groups is 1. The molecule has 1 aliphatic heterocycles. The number of hydrogen-bond acceptors (Lipinski definition) is 8. The second-order valence-electron chi connectivity index (χ2n) is 8.56. The van der Waals surface area contributed by atoms with E-state index < -0.39 is 27.4 Å². The summed E-state index contributed by atoms with van der Waals surface area (Å²) in [6.45, 7) is 3.56. The van der Waals surface area contributed by atoms with Crippen LogP contribution in [0.15, 0.2) is 82.8 Å². The summed E-state index contributed by atoms with van der Waals surface area (Å²) >= 11 is 0. The molecule has 1 N–H and O–H groups in total. The van der Waals surface area contributed by atoms with E-state index in [1.165, 1.54) is 30.5 Å². The van der Waals surface area contributed by atoms with E-state index in [4.69, 9.17) is 4.74 Å². The van der Waals surface area contributed by atoms with Crippen LogP contribution in [0.5, 0.6) is 0 Å². The van der Waals surface area contributed by atoms with E-state index in [1.54, 1.807) is 42.5 Å². The molecule has 1 saturated heterocycles. The maximum atomic E-state index is 13.4. The SMILES string of the molecule is Cc1cccc(N(CC(=O)N/N=C\c2cc([N+](=O)[O-])ccc2N2CCOCC2)S(=O)(=O)c2ccccc2)c1. The average molecular weight is 538 g/mol. The number of nitro groups is 1. The molecule has 38 heavy (non-hydrogen) atoms. The lowest BCUT2D eigenvalue weighted by molar-refractivity contribution is -0.384. The molecule has 0 aliphatic carbocycles. The Morgan fingerprint density at radius 2 is 1.84 bits per heavy atom. The van der Waals surface area contributed by atoms with Crippen molar-refractivity contribution in [2.45, 2.75) is 11.8 Å². The van der Waals surface area contributed by atoms with Crippen molar-refractivity contribution < 1.29 is 22.9 Å². The number of amides is 1. The van der Waals surface area contributed by atoms with E-state index >= 15 is 0 Å². The molecular weight excluding hydrogens is 510 g/mol. The van der Waals surface area contributed by atoms with Crippen molar-refractivity contribution in [3.63, 3.8) is 0 Å². The van der Waals surface area contributed by atoms with Crippen LogP contribution < -0.4 is 14.6 Å². The maximum absolute atomic E-state index is 13.4. The largest absolute Gasteiger partial charge is 0.378 e. The number of non-ortho nitro benzene ring substituents is 1. The summed E-state index contributed by atoms with van der Waals surface area (Å²) < 4.78 is 33.2. The Balaban J connectivity index is 1.57. The van der Waals surface area contributed by atoms with Crippen LogP contribution in [-0.4, -0.2) is 58.3 Å². The lowest BCUT2D eigenvalue weighted by atomic mass is 10.1. The molecule has 11 nitrogen and oxygen atoms in total. The Kier molecular flexibility index (Phi) is 8.34. The van der Waals surface area contributed by atoms with Crippen LogP contribution in [0.1, 0.15) is 11.1 Å². The van der Waals surface area contributed by atoms with Gasteiger partial charge in [0.1, 0.15) is 6.54 Å². The highest BCUT2D eigenvalue weighted by atomic mass is 32.2. The van der Waals surface area contributed by atoms with E-state index in [0.29, 0.717) is 43.2 Å². The number of ether oxygens (including phenoxy) is 1. The topological polar surface area (TPSA) is 134 Å². The highest BCUT2D eigenvalue weighted by Crippen LogP contribution is 2.26. The summed E-state index contributed by atoms with van der Waals surface area (Å²) in [4.78, 5) is 25.7. The van der Waals surface area contributed by atoms with E-state index in [1.807, 2.05) is 17.9 Å². The Labute approximate surface area is 220 Å². The Bertz CT molecular complexity index is 1440. The number of hydrogen-bond donors (Lipinski definition) is 1. The number of anilines is 2. The van der Waals surface area contributed by atoms with Gasteiger partial charge in [-0.05, 0) is 42.8 Å². The number of nitro benzene ring substituents is 1. The van der Waals surface area contributed by atoms with Crippen LogP contribution >= 0.6 is 0 Å². The van der Waals surface area contributed by atoms with Crippen molar-refractivity contribution in [2.75, 3.05) is 42.1 Å². The van der Waals surface area contributed by atoms with Crippen LogP contribution in [0.25, 0.3) is 0 Å². The zero-order valence-corrected chi connectivity index (χ0v) is 21.5. The molecule has 12 heteroatoms. The van der Waals surface area contributed by atoms with Gasteiger partial charge in [0, 0.05) is 36.5 Å². The number of benzene rings is 3. The molecule has 3 aromatic carbocycles. The first-order chi connectivity index (χ1) is 18.3. The van der Waals surface area contributed by atoms with Crippen molar-refractivity contribution in [3.8, 4) is 0 Å². The molecule has 0 radical (unpaired) electrons. The first kappa shape index (κ1) is 26.8. The summed E-state index contributed by atoms with van der Waals surface area (Å²) in [6, 6.07) is 19.1. The third kappa shape index (κ3) is 6.33. The normalized spacial score (nSPS) is 13.9. The lowest BCUT2D eigenvalue weighted by Crippen LogP contribution is -2.39. The molecular formula is C26H27N5O6S. The predicted molar refractivity (Wildman–Crippen MR) is 144 cm³/mol. The third-order valence-corrected chi connectivity index (χ3v) is 7.66. The molecule has 0 spiro atoms. The molecule has 0 unspecified atom stereocenters. The molecule has 0 saturated carbocycles. The Morgan fingerprint density at radius 1 is 1.11 bits per heavy atom. The fourth-order valence-electron chi connectivity index (χ4n) is 4.01. The van der Waals surface area contributed by atoms with Gasteiger partial charge in [0.05, 0.1) is 34.9 Å². The van der Waals surface area contributed by atoms with Gasteiger partial charge in [-0.15, -0.1) is 0 Å². The standard InChI is InChI=1S/C26H27N5O6S/c1-20-6-5-7-22(16-20)30(38(35,36)24-8-3-2-4-9-24)19-26(32)28-27-18-21-17-23(31(33)34)10-11-25(21)29-12-14-37-15-13-29/h2-11,16-18H,12-15,19H2,1H3,(H,28,32)/b27-18-. The van der Waals surface area contributed by atoms with Gasteiger partial charge >= 0.3 is 0 Å². The molecule has 1 aliphatic rings. The minimum Gasteiger partial charge on any atom is -0.378 e. The fourth-order valence-corrected chi connectivity index (χ4v) is 5.44. The van der Waals surface area contributed by atoms with Crippen molar-refractivity contribution in [1.29, 1.82) is 0 Å². The Hall–Kier alpha value is -4.29. The Morgan fingerprint density at radius 3 is 2.53 bits per heavy atom. The van der Waals surface area contributed by atoms with Crippen molar-refractivity contribution in [2.24, 2.45) is 5.10 Å². The van der Waals surface area contributed by atoms with Crippen molar-refractivity contribution >= 4 is 39.2 Å². The third-order valence-electron chi connectivity index (χ3n) is 5.87. The van der Waals surface area contributed by atoms with E-state index in [2.05, 4.69) is 10.5 Å². The van der Waals surface area contributed by atoms with Gasteiger partial charge in [0.15, 0.2) is 0 Å². The zero-order valence-electron chi connectivity index (χ0n) is 20.7. The van der Waals surface area contributed by atoms with Gasteiger partial charge in [0.25, 0.3) is 21.6 Å². The van der Waals surface area contributed by atoms with Crippen LogP contribution in [0.4, 0.5) is 17.1 Å². The summed E-state index contributed by atoms with van der Waals surface area (Å²) in [6.07, 6.45) is 1.32. The van der Waals surface area contributed by atoms with Gasteiger partial charge in [-0.1, -0.05) is 30.3 Å². The van der Waals surface area contributed by atoms with Crippen LogP contribution in [0, 0.1) is 17.0 Å². The monoisotopic (exact) mass is 537 g/mol. The van der Waals surface area contributed by atoms with Crippen LogP contribution in [0.3, 0.4) is 0 Å². The summed E-state index contributed by atoms with van der Waals surface area (Å²) in [5.74, 6) is -0.680. The molecule has 1 fully saturated rings. The number of rotatable bonds is 9. The number of carbonyl (C=O) groups excluding carboxylic acids is 1. The second kappa shape index (κ2) is 11.8. The van der Waals surface area contributed by atoms with E-state index in [9.17, 15) is 23.3 Å². The zero-order chi connectivity index (χ0) is 27.1. The van der Waals surface area contributed by atoms with Gasteiger partial charge < -0.3 is 9.64 Å². The number of sulfonamides is 1. The molecule has 1 heterocycles. The number of aryl methyl sites for hydroxylation is 1. The smallest absolute Gasteiger partial charge is 0.270 e. The molecule has 3 aromatic rings. The van der Waals surface area contributed by atoms with Gasteiger partial charge in [0.2, 0.25) is 0 Å². The first-order valence-corrected chi connectivity index (χ1v) is 13.3. The summed E-state index contributed by atoms with van der Waals surface area (Å²) in [5.41, 5.74) is 4.56.